The van der Waals surface area contributed by atoms with Gasteiger partial charge in [0.1, 0.15) is 12.3 Å². The van der Waals surface area contributed by atoms with Crippen LogP contribution in [-0.2, 0) is 14.3 Å². The molecule has 0 radical (unpaired) electrons. The van der Waals surface area contributed by atoms with Gasteiger partial charge in [0.2, 0.25) is 0 Å². The molecule has 0 bridgehead atoms. The Morgan fingerprint density at radius 1 is 1.14 bits per heavy atom. The number of carbonyl (C=O) groups is 3. The molecule has 0 aliphatic heterocycles. The molecule has 2 aromatic rings. The highest BCUT2D eigenvalue weighted by Gasteiger charge is 2.29. The number of ether oxygens (including phenoxy) is 2. The Bertz CT molecular complexity index is 867. The highest BCUT2D eigenvalue weighted by molar-refractivity contribution is 6.45. The first-order chi connectivity index (χ1) is 13.5. The van der Waals surface area contributed by atoms with Crippen LogP contribution in [0.2, 0.25) is 0 Å². The van der Waals surface area contributed by atoms with E-state index < -0.39 is 17.7 Å². The molecule has 1 saturated carbocycles. The summed E-state index contributed by atoms with van der Waals surface area (Å²) in [6.07, 6.45) is 6.96. The summed E-state index contributed by atoms with van der Waals surface area (Å²) in [5.41, 5.74) is 1.00. The van der Waals surface area contributed by atoms with Crippen molar-refractivity contribution in [3.8, 4) is 5.75 Å². The number of hydrogen-bond donors (Lipinski definition) is 1. The predicted octanol–water partition coefficient (Wildman–Crippen LogP) is 2.94. The monoisotopic (exact) mass is 386 g/mol. The minimum atomic E-state index is -0.673. The van der Waals surface area contributed by atoms with Gasteiger partial charge in [-0.2, -0.15) is 0 Å². The van der Waals surface area contributed by atoms with Gasteiger partial charge in [-0.3, -0.25) is 14.4 Å². The fourth-order valence-electron chi connectivity index (χ4n) is 3.80. The molecule has 1 heterocycles. The molecule has 28 heavy (non-hydrogen) atoms. The van der Waals surface area contributed by atoms with Crippen LogP contribution in [0.1, 0.15) is 42.5 Å². The van der Waals surface area contributed by atoms with Crippen LogP contribution < -0.4 is 4.74 Å². The van der Waals surface area contributed by atoms with E-state index in [1.807, 2.05) is 0 Å². The summed E-state index contributed by atoms with van der Waals surface area (Å²) in [5, 5.41) is 0.648. The minimum absolute atomic E-state index is 0.215. The van der Waals surface area contributed by atoms with Crippen molar-refractivity contribution in [3.63, 3.8) is 0 Å². The van der Waals surface area contributed by atoms with Crippen molar-refractivity contribution in [1.82, 2.24) is 9.88 Å². The quantitative estimate of drug-likeness (QED) is 0.449. The molecule has 1 fully saturated rings. The molecule has 7 nitrogen and oxygen atoms in total. The SMILES string of the molecule is COC(=O)CN(CC1CCCCC1)C(=O)C(=O)c1c[nH]c2cc(OC)ccc12. The first kappa shape index (κ1) is 19.9. The van der Waals surface area contributed by atoms with Crippen LogP contribution in [0.25, 0.3) is 10.9 Å². The zero-order valence-electron chi connectivity index (χ0n) is 16.3. The van der Waals surface area contributed by atoms with E-state index in [-0.39, 0.29) is 6.54 Å². The van der Waals surface area contributed by atoms with E-state index in [1.165, 1.54) is 24.6 Å². The van der Waals surface area contributed by atoms with Gasteiger partial charge in [-0.15, -0.1) is 0 Å². The summed E-state index contributed by atoms with van der Waals surface area (Å²) in [6, 6.07) is 5.26. The van der Waals surface area contributed by atoms with Crippen LogP contribution >= 0.6 is 0 Å². The van der Waals surface area contributed by atoms with Crippen molar-refractivity contribution in [2.75, 3.05) is 27.3 Å². The van der Waals surface area contributed by atoms with Gasteiger partial charge >= 0.3 is 5.97 Å². The van der Waals surface area contributed by atoms with Gasteiger partial charge in [-0.25, -0.2) is 0 Å². The minimum Gasteiger partial charge on any atom is -0.497 e. The average molecular weight is 386 g/mol. The molecule has 1 amide bonds. The molecular formula is C21H26N2O5. The first-order valence-corrected chi connectivity index (χ1v) is 9.59. The third-order valence-electron chi connectivity index (χ3n) is 5.37. The molecule has 0 spiro atoms. The molecule has 0 atom stereocenters. The number of carbonyl (C=O) groups excluding carboxylic acids is 3. The van der Waals surface area contributed by atoms with Crippen LogP contribution in [0.3, 0.4) is 0 Å². The summed E-state index contributed by atoms with van der Waals surface area (Å²) >= 11 is 0. The van der Waals surface area contributed by atoms with Crippen molar-refractivity contribution in [2.45, 2.75) is 32.1 Å². The normalized spacial score (nSPS) is 14.6. The molecule has 1 aliphatic carbocycles. The number of nitrogens with zero attached hydrogens (tertiary/aromatic N) is 1. The Balaban J connectivity index is 1.82. The molecule has 7 heteroatoms. The lowest BCUT2D eigenvalue weighted by Crippen LogP contribution is -2.43. The number of fused-ring (bicyclic) bond motifs is 1. The fraction of sp³-hybridized carbons (Fsp3) is 0.476. The number of nitrogens with one attached hydrogen (secondary N) is 1. The largest absolute Gasteiger partial charge is 0.497 e. The van der Waals surface area contributed by atoms with Crippen LogP contribution in [0.4, 0.5) is 0 Å². The average Bonchev–Trinajstić information content (AvgIpc) is 3.15. The van der Waals surface area contributed by atoms with Crippen molar-refractivity contribution in [2.24, 2.45) is 5.92 Å². The smallest absolute Gasteiger partial charge is 0.325 e. The Labute approximate surface area is 164 Å². The first-order valence-electron chi connectivity index (χ1n) is 9.59. The Hall–Kier alpha value is -2.83. The number of amides is 1. The molecule has 150 valence electrons. The molecule has 0 unspecified atom stereocenters. The van der Waals surface area contributed by atoms with Gasteiger partial charge in [-0.05, 0) is 30.9 Å². The number of H-pyrrole nitrogens is 1. The van der Waals surface area contributed by atoms with E-state index in [4.69, 9.17) is 9.47 Å². The number of ketones is 1. The molecule has 1 aromatic heterocycles. The van der Waals surface area contributed by atoms with E-state index in [2.05, 4.69) is 4.98 Å². The van der Waals surface area contributed by atoms with E-state index in [0.717, 1.165) is 25.7 Å². The molecule has 0 saturated heterocycles. The van der Waals surface area contributed by atoms with E-state index in [0.29, 0.717) is 34.7 Å². The van der Waals surface area contributed by atoms with Crippen LogP contribution in [0, 0.1) is 5.92 Å². The van der Waals surface area contributed by atoms with Crippen molar-refractivity contribution < 1.29 is 23.9 Å². The van der Waals surface area contributed by atoms with E-state index in [9.17, 15) is 14.4 Å². The van der Waals surface area contributed by atoms with Crippen LogP contribution in [0.15, 0.2) is 24.4 Å². The lowest BCUT2D eigenvalue weighted by Gasteiger charge is -2.28. The zero-order chi connectivity index (χ0) is 20.1. The van der Waals surface area contributed by atoms with Crippen LogP contribution in [-0.4, -0.2) is 54.9 Å². The van der Waals surface area contributed by atoms with Crippen LogP contribution in [0.5, 0.6) is 5.75 Å². The molecule has 1 aliphatic rings. The number of esters is 1. The van der Waals surface area contributed by atoms with Crippen molar-refractivity contribution in [3.05, 3.63) is 30.0 Å². The number of methoxy groups -OCH3 is 2. The maximum absolute atomic E-state index is 13.0. The molecule has 3 rings (SSSR count). The topological polar surface area (TPSA) is 88.7 Å². The maximum atomic E-state index is 13.0. The second kappa shape index (κ2) is 8.91. The maximum Gasteiger partial charge on any atom is 0.325 e. The van der Waals surface area contributed by atoms with Gasteiger partial charge in [0.05, 0.1) is 19.8 Å². The summed E-state index contributed by atoms with van der Waals surface area (Å²) in [7, 11) is 2.84. The number of benzene rings is 1. The summed E-state index contributed by atoms with van der Waals surface area (Å²) in [5.74, 6) is -0.865. The summed E-state index contributed by atoms with van der Waals surface area (Å²) in [4.78, 5) is 42.1. The standard InChI is InChI=1S/C21H26N2O5/c1-27-15-8-9-16-17(11-22-18(16)10-15)20(25)21(26)23(13-19(24)28-2)12-14-6-4-3-5-7-14/h8-11,14,22H,3-7,12-13H2,1-2H3. The van der Waals surface area contributed by atoms with Gasteiger partial charge in [0.25, 0.3) is 11.7 Å². The molecular weight excluding hydrogens is 360 g/mol. The second-order valence-corrected chi connectivity index (χ2v) is 7.21. The zero-order valence-corrected chi connectivity index (χ0v) is 16.3. The van der Waals surface area contributed by atoms with E-state index >= 15 is 0 Å². The Morgan fingerprint density at radius 3 is 2.57 bits per heavy atom. The lowest BCUT2D eigenvalue weighted by molar-refractivity contribution is -0.146. The summed E-state index contributed by atoms with van der Waals surface area (Å²) in [6.45, 7) is 0.184. The fourth-order valence-corrected chi connectivity index (χ4v) is 3.80. The molecule has 1 N–H and O–H groups in total. The van der Waals surface area contributed by atoms with Gasteiger partial charge in [-0.1, -0.05) is 19.3 Å². The second-order valence-electron chi connectivity index (χ2n) is 7.21. The number of aromatic nitrogens is 1. The predicted molar refractivity (Wildman–Crippen MR) is 104 cm³/mol. The van der Waals surface area contributed by atoms with Crippen molar-refractivity contribution >= 4 is 28.6 Å². The van der Waals surface area contributed by atoms with Gasteiger partial charge in [0, 0.05) is 29.7 Å². The van der Waals surface area contributed by atoms with E-state index in [1.54, 1.807) is 25.3 Å². The number of rotatable bonds is 7. The van der Waals surface area contributed by atoms with Crippen molar-refractivity contribution in [1.29, 1.82) is 0 Å². The number of hydrogen-bond acceptors (Lipinski definition) is 5. The van der Waals surface area contributed by atoms with Gasteiger partial charge in [0.15, 0.2) is 0 Å². The molecule has 1 aromatic carbocycles. The summed E-state index contributed by atoms with van der Waals surface area (Å²) < 4.78 is 9.91. The third kappa shape index (κ3) is 4.35. The Morgan fingerprint density at radius 2 is 1.89 bits per heavy atom. The Kier molecular flexibility index (Phi) is 6.34. The third-order valence-corrected chi connectivity index (χ3v) is 5.37. The van der Waals surface area contributed by atoms with Gasteiger partial charge < -0.3 is 19.4 Å². The number of aromatic amines is 1. The highest BCUT2D eigenvalue weighted by Crippen LogP contribution is 2.26. The highest BCUT2D eigenvalue weighted by atomic mass is 16.5. The lowest BCUT2D eigenvalue weighted by atomic mass is 9.89. The number of Topliss-reactive ketones (excluding diaryl/α,β-unsaturated/α-hetero) is 1.